The van der Waals surface area contributed by atoms with E-state index in [1.165, 1.54) is 24.8 Å². The first-order valence-corrected chi connectivity index (χ1v) is 7.46. The van der Waals surface area contributed by atoms with Crippen LogP contribution in [0.4, 0.5) is 4.39 Å². The van der Waals surface area contributed by atoms with Crippen LogP contribution in [0.15, 0.2) is 18.2 Å². The van der Waals surface area contributed by atoms with Crippen molar-refractivity contribution in [3.8, 4) is 0 Å². The van der Waals surface area contributed by atoms with E-state index in [4.69, 9.17) is 0 Å². The molecule has 2 fully saturated rings. The van der Waals surface area contributed by atoms with Gasteiger partial charge in [-0.05, 0) is 42.9 Å². The molecule has 3 rings (SSSR count). The molecule has 2 nitrogen and oxygen atoms in total. The Morgan fingerprint density at radius 2 is 1.95 bits per heavy atom. The Balaban J connectivity index is 0.00000147. The third-order valence-corrected chi connectivity index (χ3v) is 4.66. The normalized spacial score (nSPS) is 21.9. The van der Waals surface area contributed by atoms with Crippen molar-refractivity contribution in [3.05, 3.63) is 35.1 Å². The van der Waals surface area contributed by atoms with E-state index in [-0.39, 0.29) is 18.2 Å². The SMILES string of the molecule is Cc1cc([C@@H](C2CCC2)N2CCNCC2)ccc1F.Cl. The van der Waals surface area contributed by atoms with Gasteiger partial charge in [0.2, 0.25) is 0 Å². The molecule has 0 radical (unpaired) electrons. The van der Waals surface area contributed by atoms with E-state index in [9.17, 15) is 4.39 Å². The van der Waals surface area contributed by atoms with Crippen LogP contribution in [-0.4, -0.2) is 31.1 Å². The Kier molecular flexibility index (Phi) is 5.42. The van der Waals surface area contributed by atoms with E-state index in [2.05, 4.69) is 16.3 Å². The summed E-state index contributed by atoms with van der Waals surface area (Å²) in [6, 6.07) is 6.18. The van der Waals surface area contributed by atoms with Crippen LogP contribution in [0.2, 0.25) is 0 Å². The highest BCUT2D eigenvalue weighted by Gasteiger charge is 2.33. The van der Waals surface area contributed by atoms with Gasteiger partial charge in [-0.15, -0.1) is 12.4 Å². The molecular weight excluding hydrogens is 275 g/mol. The molecule has 4 heteroatoms. The van der Waals surface area contributed by atoms with Gasteiger partial charge in [-0.25, -0.2) is 4.39 Å². The summed E-state index contributed by atoms with van der Waals surface area (Å²) < 4.78 is 13.5. The standard InChI is InChI=1S/C16H23FN2.ClH/c1-12-11-14(5-6-15(12)17)16(13-3-2-4-13)19-9-7-18-8-10-19;/h5-6,11,13,16,18H,2-4,7-10H2,1H3;1H/t16-;/m1./s1. The highest BCUT2D eigenvalue weighted by molar-refractivity contribution is 5.85. The van der Waals surface area contributed by atoms with Crippen molar-refractivity contribution in [2.75, 3.05) is 26.2 Å². The topological polar surface area (TPSA) is 15.3 Å². The Labute approximate surface area is 127 Å². The van der Waals surface area contributed by atoms with Crippen molar-refractivity contribution < 1.29 is 4.39 Å². The van der Waals surface area contributed by atoms with Gasteiger partial charge in [-0.2, -0.15) is 0 Å². The molecule has 1 aliphatic carbocycles. The van der Waals surface area contributed by atoms with Crippen LogP contribution in [0, 0.1) is 18.7 Å². The molecule has 1 aromatic rings. The molecule has 20 heavy (non-hydrogen) atoms. The summed E-state index contributed by atoms with van der Waals surface area (Å²) in [5.41, 5.74) is 2.09. The van der Waals surface area contributed by atoms with Gasteiger partial charge in [0, 0.05) is 32.2 Å². The lowest BCUT2D eigenvalue weighted by Crippen LogP contribution is -2.47. The van der Waals surface area contributed by atoms with Crippen LogP contribution in [0.25, 0.3) is 0 Å². The second-order valence-electron chi connectivity index (χ2n) is 5.93. The van der Waals surface area contributed by atoms with Crippen molar-refractivity contribution in [2.24, 2.45) is 5.92 Å². The van der Waals surface area contributed by atoms with E-state index in [0.29, 0.717) is 6.04 Å². The van der Waals surface area contributed by atoms with Crippen LogP contribution in [0.5, 0.6) is 0 Å². The first kappa shape index (κ1) is 15.7. The second-order valence-corrected chi connectivity index (χ2v) is 5.93. The highest BCUT2D eigenvalue weighted by atomic mass is 35.5. The Morgan fingerprint density at radius 1 is 1.25 bits per heavy atom. The zero-order valence-electron chi connectivity index (χ0n) is 12.1. The molecule has 0 aromatic heterocycles. The maximum Gasteiger partial charge on any atom is 0.126 e. The summed E-state index contributed by atoms with van der Waals surface area (Å²) in [5, 5.41) is 3.41. The van der Waals surface area contributed by atoms with Gasteiger partial charge in [-0.1, -0.05) is 18.6 Å². The Morgan fingerprint density at radius 3 is 2.50 bits per heavy atom. The van der Waals surface area contributed by atoms with Crippen molar-refractivity contribution in [1.29, 1.82) is 0 Å². The molecule has 1 heterocycles. The van der Waals surface area contributed by atoms with Gasteiger partial charge in [0.05, 0.1) is 0 Å². The number of hydrogen-bond donors (Lipinski definition) is 1. The monoisotopic (exact) mass is 298 g/mol. The Hall–Kier alpha value is -0.640. The van der Waals surface area contributed by atoms with Crippen molar-refractivity contribution in [2.45, 2.75) is 32.2 Å². The van der Waals surface area contributed by atoms with E-state index in [0.717, 1.165) is 37.7 Å². The van der Waals surface area contributed by atoms with E-state index in [1.54, 1.807) is 6.07 Å². The molecule has 0 amide bonds. The van der Waals surface area contributed by atoms with E-state index in [1.807, 2.05) is 13.0 Å². The molecule has 0 unspecified atom stereocenters. The number of hydrogen-bond acceptors (Lipinski definition) is 2. The largest absolute Gasteiger partial charge is 0.314 e. The summed E-state index contributed by atoms with van der Waals surface area (Å²) in [5.74, 6) is 0.680. The lowest BCUT2D eigenvalue weighted by atomic mass is 9.76. The fourth-order valence-electron chi connectivity index (χ4n) is 3.35. The summed E-state index contributed by atoms with van der Waals surface area (Å²) in [6.45, 7) is 6.23. The first-order valence-electron chi connectivity index (χ1n) is 7.46. The number of nitrogens with zero attached hydrogens (tertiary/aromatic N) is 1. The predicted octanol–water partition coefficient (Wildman–Crippen LogP) is 3.30. The molecule has 1 aromatic carbocycles. The minimum Gasteiger partial charge on any atom is -0.314 e. The minimum absolute atomic E-state index is 0. The van der Waals surface area contributed by atoms with Crippen molar-refractivity contribution in [3.63, 3.8) is 0 Å². The van der Waals surface area contributed by atoms with E-state index < -0.39 is 0 Å². The number of rotatable bonds is 3. The summed E-state index contributed by atoms with van der Waals surface area (Å²) in [4.78, 5) is 2.59. The van der Waals surface area contributed by atoms with Crippen LogP contribution in [0.3, 0.4) is 0 Å². The number of nitrogens with one attached hydrogen (secondary N) is 1. The predicted molar refractivity (Wildman–Crippen MR) is 82.9 cm³/mol. The smallest absolute Gasteiger partial charge is 0.126 e. The van der Waals surface area contributed by atoms with Crippen LogP contribution < -0.4 is 5.32 Å². The summed E-state index contributed by atoms with van der Waals surface area (Å²) in [6.07, 6.45) is 4.00. The van der Waals surface area contributed by atoms with Crippen molar-refractivity contribution >= 4 is 12.4 Å². The van der Waals surface area contributed by atoms with Gasteiger partial charge in [0.25, 0.3) is 0 Å². The molecule has 1 atom stereocenters. The second kappa shape index (κ2) is 6.88. The third kappa shape index (κ3) is 3.16. The Bertz CT molecular complexity index is 442. The first-order chi connectivity index (χ1) is 9.25. The lowest BCUT2D eigenvalue weighted by molar-refractivity contribution is 0.0836. The number of aryl methyl sites for hydroxylation is 1. The van der Waals surface area contributed by atoms with Crippen LogP contribution in [-0.2, 0) is 0 Å². The molecule has 2 aliphatic rings. The van der Waals surface area contributed by atoms with Crippen LogP contribution in [0.1, 0.15) is 36.4 Å². The summed E-state index contributed by atoms with van der Waals surface area (Å²) >= 11 is 0. The molecule has 1 N–H and O–H groups in total. The molecule has 1 saturated carbocycles. The number of piperazine rings is 1. The number of benzene rings is 1. The zero-order chi connectivity index (χ0) is 13.2. The lowest BCUT2D eigenvalue weighted by Gasteiger charge is -2.43. The van der Waals surface area contributed by atoms with Gasteiger partial charge in [0.15, 0.2) is 0 Å². The zero-order valence-corrected chi connectivity index (χ0v) is 12.9. The van der Waals surface area contributed by atoms with Gasteiger partial charge >= 0.3 is 0 Å². The fraction of sp³-hybridized carbons (Fsp3) is 0.625. The molecule has 0 bridgehead atoms. The van der Waals surface area contributed by atoms with E-state index >= 15 is 0 Å². The van der Waals surface area contributed by atoms with Gasteiger partial charge in [-0.3, -0.25) is 4.90 Å². The highest BCUT2D eigenvalue weighted by Crippen LogP contribution is 2.41. The number of halogens is 2. The molecule has 1 saturated heterocycles. The third-order valence-electron chi connectivity index (χ3n) is 4.66. The fourth-order valence-corrected chi connectivity index (χ4v) is 3.35. The quantitative estimate of drug-likeness (QED) is 0.921. The van der Waals surface area contributed by atoms with Crippen molar-refractivity contribution in [1.82, 2.24) is 10.2 Å². The van der Waals surface area contributed by atoms with Gasteiger partial charge in [0.1, 0.15) is 5.82 Å². The average Bonchev–Trinajstić information content (AvgIpc) is 2.38. The maximum absolute atomic E-state index is 13.5. The summed E-state index contributed by atoms with van der Waals surface area (Å²) in [7, 11) is 0. The molecule has 0 spiro atoms. The maximum atomic E-state index is 13.5. The van der Waals surface area contributed by atoms with Crippen LogP contribution >= 0.6 is 12.4 Å². The minimum atomic E-state index is -0.0866. The molecule has 112 valence electrons. The average molecular weight is 299 g/mol. The molecular formula is C16H24ClFN2. The molecule has 1 aliphatic heterocycles. The van der Waals surface area contributed by atoms with Gasteiger partial charge < -0.3 is 5.32 Å².